The van der Waals surface area contributed by atoms with E-state index in [1.54, 1.807) is 0 Å². The van der Waals surface area contributed by atoms with Crippen molar-refractivity contribution in [2.75, 3.05) is 0 Å². The summed E-state index contributed by atoms with van der Waals surface area (Å²) in [4.78, 5) is 0. The van der Waals surface area contributed by atoms with E-state index in [0.717, 1.165) is 17.9 Å². The van der Waals surface area contributed by atoms with Crippen molar-refractivity contribution in [2.45, 2.75) is 60.3 Å². The molecule has 0 saturated heterocycles. The molecule has 0 radical (unpaired) electrons. The number of hydrogen-bond donors (Lipinski definition) is 0. The van der Waals surface area contributed by atoms with E-state index in [2.05, 4.69) is 46.4 Å². The van der Waals surface area contributed by atoms with Gasteiger partial charge in [-0.25, -0.2) is 0 Å². The van der Waals surface area contributed by atoms with E-state index in [4.69, 9.17) is 11.6 Å². The van der Waals surface area contributed by atoms with Crippen molar-refractivity contribution in [3.05, 3.63) is 46.5 Å². The zero-order chi connectivity index (χ0) is 15.0. The average Bonchev–Trinajstić information content (AvgIpc) is 2.38. The third-order valence-corrected chi connectivity index (χ3v) is 3.40. The first-order valence-corrected chi connectivity index (χ1v) is 7.77. The molecule has 0 aromatic heterocycles. The molecule has 0 aliphatic carbocycles. The molecule has 0 aliphatic heterocycles. The zero-order valence-electron chi connectivity index (χ0n) is 13.4. The second-order valence-electron chi connectivity index (χ2n) is 5.23. The highest BCUT2D eigenvalue weighted by Crippen LogP contribution is 2.33. The number of benzene rings is 1. The van der Waals surface area contributed by atoms with Gasteiger partial charge in [0.1, 0.15) is 0 Å². The number of rotatable bonds is 5. The van der Waals surface area contributed by atoms with E-state index in [1.165, 1.54) is 16.7 Å². The van der Waals surface area contributed by atoms with Gasteiger partial charge in [-0.15, -0.1) is 0 Å². The molecule has 1 aromatic carbocycles. The van der Waals surface area contributed by atoms with Gasteiger partial charge in [0.15, 0.2) is 0 Å². The zero-order valence-corrected chi connectivity index (χ0v) is 14.1. The molecular weight excluding hydrogens is 252 g/mol. The number of allylic oxidation sites excluding steroid dienone is 1. The summed E-state index contributed by atoms with van der Waals surface area (Å²) >= 11 is 6.06. The van der Waals surface area contributed by atoms with Crippen LogP contribution >= 0.6 is 11.6 Å². The lowest BCUT2D eigenvalue weighted by Crippen LogP contribution is -2.07. The third kappa shape index (κ3) is 5.82. The van der Waals surface area contributed by atoms with E-state index in [0.29, 0.717) is 11.8 Å². The van der Waals surface area contributed by atoms with Gasteiger partial charge in [-0.05, 0) is 48.9 Å². The summed E-state index contributed by atoms with van der Waals surface area (Å²) in [7, 11) is 0. The highest BCUT2D eigenvalue weighted by molar-refractivity contribution is 6.30. The predicted octanol–water partition coefficient (Wildman–Crippen LogP) is 6.63. The first kappa shape index (κ1) is 18.2. The van der Waals surface area contributed by atoms with Crippen LogP contribution in [0, 0.1) is 5.92 Å². The second kappa shape index (κ2) is 9.20. The number of halogens is 1. The van der Waals surface area contributed by atoms with E-state index in [9.17, 15) is 0 Å². The summed E-state index contributed by atoms with van der Waals surface area (Å²) < 4.78 is 0. The topological polar surface area (TPSA) is 0 Å². The average molecular weight is 281 g/mol. The smallest absolute Gasteiger partial charge is 0.0408 e. The van der Waals surface area contributed by atoms with Crippen LogP contribution in [0.15, 0.2) is 30.4 Å². The largest absolute Gasteiger partial charge is 0.0995 e. The van der Waals surface area contributed by atoms with Gasteiger partial charge in [0.05, 0.1) is 0 Å². The summed E-state index contributed by atoms with van der Waals surface area (Å²) in [6.07, 6.45) is 2.18. The van der Waals surface area contributed by atoms with Crippen LogP contribution in [0.25, 0.3) is 0 Å². The second-order valence-corrected chi connectivity index (χ2v) is 5.66. The number of hydrogen-bond acceptors (Lipinski definition) is 0. The van der Waals surface area contributed by atoms with E-state index in [-0.39, 0.29) is 0 Å². The summed E-state index contributed by atoms with van der Waals surface area (Å²) in [6, 6.07) is 6.25. The lowest BCUT2D eigenvalue weighted by atomic mass is 9.83. The Balaban J connectivity index is 0.00000154. The third-order valence-electron chi connectivity index (χ3n) is 3.16. The molecule has 0 amide bonds. The minimum absolute atomic E-state index is 0.460. The van der Waals surface area contributed by atoms with Crippen LogP contribution in [0.4, 0.5) is 0 Å². The first-order valence-electron chi connectivity index (χ1n) is 7.39. The number of aryl methyl sites for hydroxylation is 1. The standard InChI is InChI=1S/C16H23Cl.C2H6/c1-6-13-10-14(17)7-8-15(13)16(12(4)5)9-11(2)3;1-2/h7-8,10-11,16H,4,6,9H2,1-3,5H3;1-2H3. The van der Waals surface area contributed by atoms with Gasteiger partial charge in [0, 0.05) is 10.9 Å². The highest BCUT2D eigenvalue weighted by atomic mass is 35.5. The van der Waals surface area contributed by atoms with Crippen LogP contribution in [-0.2, 0) is 6.42 Å². The molecular formula is C18H29Cl. The van der Waals surface area contributed by atoms with Gasteiger partial charge in [-0.3, -0.25) is 0 Å². The van der Waals surface area contributed by atoms with Crippen molar-refractivity contribution >= 4 is 11.6 Å². The first-order chi connectivity index (χ1) is 8.95. The fraction of sp³-hybridized carbons (Fsp3) is 0.556. The summed E-state index contributed by atoms with van der Waals surface area (Å²) in [5, 5.41) is 0.829. The van der Waals surface area contributed by atoms with Crippen LogP contribution in [-0.4, -0.2) is 0 Å². The van der Waals surface area contributed by atoms with E-state index >= 15 is 0 Å². The van der Waals surface area contributed by atoms with Gasteiger partial charge in [-0.2, -0.15) is 0 Å². The van der Waals surface area contributed by atoms with Crippen molar-refractivity contribution in [1.82, 2.24) is 0 Å². The molecule has 0 saturated carbocycles. The summed E-state index contributed by atoms with van der Waals surface area (Å²) in [5.74, 6) is 1.14. The maximum absolute atomic E-state index is 6.06. The minimum Gasteiger partial charge on any atom is -0.0995 e. The minimum atomic E-state index is 0.460. The SMILES string of the molecule is C=C(C)C(CC(C)C)c1ccc(Cl)cc1CC.CC. The molecule has 108 valence electrons. The predicted molar refractivity (Wildman–Crippen MR) is 89.2 cm³/mol. The van der Waals surface area contributed by atoms with Crippen LogP contribution in [0.5, 0.6) is 0 Å². The maximum atomic E-state index is 6.06. The summed E-state index contributed by atoms with van der Waals surface area (Å²) in [5.41, 5.74) is 4.00. The molecule has 1 unspecified atom stereocenters. The van der Waals surface area contributed by atoms with E-state index < -0.39 is 0 Å². The molecule has 0 fully saturated rings. The van der Waals surface area contributed by atoms with Crippen molar-refractivity contribution in [3.8, 4) is 0 Å². The Morgan fingerprint density at radius 1 is 1.26 bits per heavy atom. The Kier molecular flexibility index (Phi) is 8.84. The Morgan fingerprint density at radius 3 is 2.26 bits per heavy atom. The quantitative estimate of drug-likeness (QED) is 0.531. The summed E-state index contributed by atoms with van der Waals surface area (Å²) in [6.45, 7) is 17.0. The molecule has 0 heterocycles. The van der Waals surface area contributed by atoms with Crippen LogP contribution in [0.2, 0.25) is 5.02 Å². The molecule has 0 N–H and O–H groups in total. The van der Waals surface area contributed by atoms with Gasteiger partial charge in [0.25, 0.3) is 0 Å². The highest BCUT2D eigenvalue weighted by Gasteiger charge is 2.17. The molecule has 1 heteroatoms. The molecule has 0 nitrogen and oxygen atoms in total. The van der Waals surface area contributed by atoms with Crippen molar-refractivity contribution in [2.24, 2.45) is 5.92 Å². The lowest BCUT2D eigenvalue weighted by Gasteiger charge is -2.22. The molecule has 1 aromatic rings. The Bertz CT molecular complexity index is 391. The fourth-order valence-electron chi connectivity index (χ4n) is 2.29. The molecule has 0 bridgehead atoms. The van der Waals surface area contributed by atoms with Crippen molar-refractivity contribution in [3.63, 3.8) is 0 Å². The van der Waals surface area contributed by atoms with Gasteiger partial charge in [-0.1, -0.05) is 64.4 Å². The van der Waals surface area contributed by atoms with E-state index in [1.807, 2.05) is 19.9 Å². The van der Waals surface area contributed by atoms with Gasteiger partial charge >= 0.3 is 0 Å². The monoisotopic (exact) mass is 280 g/mol. The molecule has 0 spiro atoms. The van der Waals surface area contributed by atoms with Crippen LogP contribution in [0.1, 0.15) is 65.0 Å². The molecule has 19 heavy (non-hydrogen) atoms. The van der Waals surface area contributed by atoms with Gasteiger partial charge < -0.3 is 0 Å². The van der Waals surface area contributed by atoms with Gasteiger partial charge in [0.2, 0.25) is 0 Å². The Morgan fingerprint density at radius 2 is 1.84 bits per heavy atom. The molecule has 0 aliphatic rings. The Labute approximate surface area is 124 Å². The maximum Gasteiger partial charge on any atom is 0.0408 e. The molecule has 1 rings (SSSR count). The van der Waals surface area contributed by atoms with Crippen LogP contribution in [0.3, 0.4) is 0 Å². The van der Waals surface area contributed by atoms with Crippen molar-refractivity contribution < 1.29 is 0 Å². The lowest BCUT2D eigenvalue weighted by molar-refractivity contribution is 0.535. The fourth-order valence-corrected chi connectivity index (χ4v) is 2.48. The Hall–Kier alpha value is -0.750. The van der Waals surface area contributed by atoms with Crippen LogP contribution < -0.4 is 0 Å². The normalized spacial score (nSPS) is 11.8. The molecule has 1 atom stereocenters. The van der Waals surface area contributed by atoms with Crippen molar-refractivity contribution in [1.29, 1.82) is 0 Å².